The number of fused-ring (bicyclic) bond motifs is 1. The maximum Gasteiger partial charge on any atom is 0.408 e. The van der Waals surface area contributed by atoms with Gasteiger partial charge in [-0.15, -0.1) is 11.3 Å². The van der Waals surface area contributed by atoms with E-state index in [1.54, 1.807) is 12.1 Å². The van der Waals surface area contributed by atoms with Crippen LogP contribution in [0, 0.1) is 0 Å². The van der Waals surface area contributed by atoms with Crippen molar-refractivity contribution in [2.75, 3.05) is 24.7 Å². The summed E-state index contributed by atoms with van der Waals surface area (Å²) in [6, 6.07) is 1.78. The Morgan fingerprint density at radius 1 is 1.21 bits per heavy atom. The van der Waals surface area contributed by atoms with Gasteiger partial charge in [0.1, 0.15) is 11.7 Å². The number of hydrogen-bond acceptors (Lipinski definition) is 6. The number of alkyl halides is 5. The fourth-order valence-electron chi connectivity index (χ4n) is 3.91. The topological polar surface area (TPSA) is 64.3 Å². The molecule has 11 heteroatoms. The molecule has 5 nitrogen and oxygen atoms in total. The van der Waals surface area contributed by atoms with E-state index in [-0.39, 0.29) is 31.0 Å². The summed E-state index contributed by atoms with van der Waals surface area (Å²) in [5.41, 5.74) is 5.73. The molecular formula is C18H17F5N4OS. The monoisotopic (exact) mass is 432 g/mol. The van der Waals surface area contributed by atoms with Crippen LogP contribution in [-0.4, -0.2) is 41.9 Å². The van der Waals surface area contributed by atoms with Crippen molar-refractivity contribution in [2.24, 2.45) is 5.73 Å². The average molecular weight is 432 g/mol. The van der Waals surface area contributed by atoms with Crippen molar-refractivity contribution in [3.63, 3.8) is 0 Å². The summed E-state index contributed by atoms with van der Waals surface area (Å²) in [6.45, 7) is 0.797. The lowest BCUT2D eigenvalue weighted by molar-refractivity contribution is -0.160. The van der Waals surface area contributed by atoms with Gasteiger partial charge in [0.05, 0.1) is 29.3 Å². The molecule has 0 bridgehead atoms. The number of halogens is 5. The second-order valence-corrected chi connectivity index (χ2v) is 8.84. The Labute approximate surface area is 166 Å². The molecule has 1 aliphatic carbocycles. The fraction of sp³-hybridized carbons (Fsp3) is 0.556. The van der Waals surface area contributed by atoms with E-state index in [1.165, 1.54) is 11.3 Å². The Kier molecular flexibility index (Phi) is 4.01. The molecule has 5 rings (SSSR count). The quantitative estimate of drug-likeness (QED) is 0.752. The van der Waals surface area contributed by atoms with E-state index < -0.39 is 35.8 Å². The molecular weight excluding hydrogens is 415 g/mol. The van der Waals surface area contributed by atoms with Crippen molar-refractivity contribution in [1.29, 1.82) is 0 Å². The summed E-state index contributed by atoms with van der Waals surface area (Å²) in [4.78, 5) is 10.6. The second kappa shape index (κ2) is 6.08. The number of aromatic nitrogens is 2. The Bertz CT molecular complexity index is 972. The molecule has 3 aliphatic rings. The van der Waals surface area contributed by atoms with E-state index in [4.69, 9.17) is 10.5 Å². The van der Waals surface area contributed by atoms with Crippen LogP contribution in [0.4, 0.5) is 27.9 Å². The standard InChI is InChI=1S/C18H17F5N4OS/c19-17(20)5-3-9-13(10-1-2-12(29-10)16(24)7-28-8-16)25-15(26-14(9)17)27-6-4-11(27)18(21,22)23/h1-2,11H,3-8,24H2/t11-/m1/s1. The molecule has 29 heavy (non-hydrogen) atoms. The van der Waals surface area contributed by atoms with Crippen LogP contribution in [0.15, 0.2) is 12.1 Å². The lowest BCUT2D eigenvalue weighted by Gasteiger charge is -2.42. The van der Waals surface area contributed by atoms with Gasteiger partial charge in [-0.25, -0.2) is 9.97 Å². The van der Waals surface area contributed by atoms with Gasteiger partial charge in [0.25, 0.3) is 5.92 Å². The highest BCUT2D eigenvalue weighted by Crippen LogP contribution is 2.47. The second-order valence-electron chi connectivity index (χ2n) is 7.76. The van der Waals surface area contributed by atoms with Crippen LogP contribution in [-0.2, 0) is 22.6 Å². The Morgan fingerprint density at radius 2 is 1.97 bits per heavy atom. The first kappa shape index (κ1) is 19.1. The van der Waals surface area contributed by atoms with Gasteiger partial charge in [-0.1, -0.05) is 0 Å². The van der Waals surface area contributed by atoms with E-state index in [0.717, 1.165) is 9.78 Å². The smallest absolute Gasteiger partial charge is 0.377 e. The third-order valence-corrected chi connectivity index (χ3v) is 7.05. The van der Waals surface area contributed by atoms with Crippen LogP contribution in [0.3, 0.4) is 0 Å². The minimum absolute atomic E-state index is 0.0742. The van der Waals surface area contributed by atoms with Crippen LogP contribution < -0.4 is 10.6 Å². The van der Waals surface area contributed by atoms with Crippen molar-refractivity contribution in [3.8, 4) is 10.6 Å². The van der Waals surface area contributed by atoms with Crippen LogP contribution in [0.2, 0.25) is 0 Å². The number of thiophene rings is 1. The molecule has 0 unspecified atom stereocenters. The van der Waals surface area contributed by atoms with E-state index in [2.05, 4.69) is 9.97 Å². The summed E-state index contributed by atoms with van der Waals surface area (Å²) < 4.78 is 73.6. The van der Waals surface area contributed by atoms with Crippen molar-refractivity contribution in [2.45, 2.75) is 42.9 Å². The number of rotatable bonds is 3. The first-order valence-corrected chi connectivity index (χ1v) is 10.00. The highest BCUT2D eigenvalue weighted by molar-refractivity contribution is 7.15. The largest absolute Gasteiger partial charge is 0.408 e. The molecule has 0 radical (unpaired) electrons. The summed E-state index contributed by atoms with van der Waals surface area (Å²) >= 11 is 1.31. The van der Waals surface area contributed by atoms with Gasteiger partial charge >= 0.3 is 6.18 Å². The summed E-state index contributed by atoms with van der Waals surface area (Å²) in [7, 11) is 0. The normalized spacial score (nSPS) is 24.8. The van der Waals surface area contributed by atoms with E-state index in [0.29, 0.717) is 23.7 Å². The van der Waals surface area contributed by atoms with Crippen LogP contribution in [0.1, 0.15) is 29.0 Å². The van der Waals surface area contributed by atoms with E-state index in [1.807, 2.05) is 0 Å². The SMILES string of the molecule is NC1(c2ccc(-c3nc(N4CC[C@@H]4C(F)(F)F)nc4c3CCC4(F)F)s2)COC1. The van der Waals surface area contributed by atoms with Gasteiger partial charge in [0.2, 0.25) is 5.95 Å². The minimum atomic E-state index is -4.46. The number of hydrogen-bond donors (Lipinski definition) is 1. The van der Waals surface area contributed by atoms with Gasteiger partial charge in [-0.05, 0) is 25.0 Å². The predicted molar refractivity (Wildman–Crippen MR) is 96.1 cm³/mol. The lowest BCUT2D eigenvalue weighted by atomic mass is 9.97. The van der Waals surface area contributed by atoms with Gasteiger partial charge in [-0.2, -0.15) is 22.0 Å². The number of nitrogens with two attached hydrogens (primary N) is 1. The highest BCUT2D eigenvalue weighted by Gasteiger charge is 2.51. The van der Waals surface area contributed by atoms with E-state index >= 15 is 0 Å². The van der Waals surface area contributed by atoms with Crippen molar-refractivity contribution >= 4 is 17.3 Å². The molecule has 4 heterocycles. The molecule has 2 aromatic heterocycles. The molecule has 156 valence electrons. The van der Waals surface area contributed by atoms with Crippen LogP contribution >= 0.6 is 11.3 Å². The molecule has 2 aromatic rings. The summed E-state index contributed by atoms with van der Waals surface area (Å²) in [5.74, 6) is -3.48. The Balaban J connectivity index is 1.59. The third-order valence-electron chi connectivity index (χ3n) is 5.73. The molecule has 2 fully saturated rings. The first-order chi connectivity index (χ1) is 13.6. The van der Waals surface area contributed by atoms with Crippen LogP contribution in [0.25, 0.3) is 10.6 Å². The zero-order chi connectivity index (χ0) is 20.6. The molecule has 2 aliphatic heterocycles. The molecule has 1 atom stereocenters. The zero-order valence-corrected chi connectivity index (χ0v) is 15.9. The van der Waals surface area contributed by atoms with Gasteiger partial charge in [-0.3, -0.25) is 0 Å². The van der Waals surface area contributed by atoms with Gasteiger partial charge < -0.3 is 15.4 Å². The third kappa shape index (κ3) is 2.93. The average Bonchev–Trinajstić information content (AvgIpc) is 3.15. The summed E-state index contributed by atoms with van der Waals surface area (Å²) in [6.07, 6.45) is -4.92. The number of anilines is 1. The lowest BCUT2D eigenvalue weighted by Crippen LogP contribution is -2.56. The maximum absolute atomic E-state index is 14.4. The Morgan fingerprint density at radius 3 is 2.55 bits per heavy atom. The van der Waals surface area contributed by atoms with Crippen molar-refractivity contribution in [3.05, 3.63) is 28.3 Å². The zero-order valence-electron chi connectivity index (χ0n) is 15.1. The first-order valence-electron chi connectivity index (χ1n) is 9.18. The van der Waals surface area contributed by atoms with Crippen molar-refractivity contribution < 1.29 is 26.7 Å². The molecule has 2 saturated heterocycles. The molecule has 0 amide bonds. The van der Waals surface area contributed by atoms with Crippen LogP contribution in [0.5, 0.6) is 0 Å². The molecule has 0 spiro atoms. The maximum atomic E-state index is 14.4. The fourth-order valence-corrected chi connectivity index (χ4v) is 5.00. The van der Waals surface area contributed by atoms with E-state index in [9.17, 15) is 22.0 Å². The molecule has 0 saturated carbocycles. The van der Waals surface area contributed by atoms with Gasteiger partial charge in [0.15, 0.2) is 0 Å². The number of nitrogens with zero attached hydrogens (tertiary/aromatic N) is 3. The predicted octanol–water partition coefficient (Wildman–Crippen LogP) is 3.57. The molecule has 0 aromatic carbocycles. The van der Waals surface area contributed by atoms with Crippen molar-refractivity contribution in [1.82, 2.24) is 9.97 Å². The molecule has 2 N–H and O–H groups in total. The Hall–Kier alpha value is -1.85. The van der Waals surface area contributed by atoms with Gasteiger partial charge in [0, 0.05) is 23.4 Å². The highest BCUT2D eigenvalue weighted by atomic mass is 32.1. The summed E-state index contributed by atoms with van der Waals surface area (Å²) in [5, 5.41) is 0. The minimum Gasteiger partial charge on any atom is -0.377 e. The number of ether oxygens (including phenoxy) is 1.